The van der Waals surface area contributed by atoms with Crippen LogP contribution < -0.4 is 16.1 Å². The number of hydrogen-bond acceptors (Lipinski definition) is 9. The lowest BCUT2D eigenvalue weighted by molar-refractivity contribution is -0.155. The Morgan fingerprint density at radius 3 is 2.60 bits per heavy atom. The minimum Gasteiger partial charge on any atom is -0.508 e. The summed E-state index contributed by atoms with van der Waals surface area (Å²) in [5.41, 5.74) is 10.3. The summed E-state index contributed by atoms with van der Waals surface area (Å²) in [6, 6.07) is 13.1. The van der Waals surface area contributed by atoms with Crippen molar-refractivity contribution in [2.45, 2.75) is 105 Å². The summed E-state index contributed by atoms with van der Waals surface area (Å²) in [5, 5.41) is 20.0. The van der Waals surface area contributed by atoms with Crippen molar-refractivity contribution in [2.24, 2.45) is 17.3 Å². The van der Waals surface area contributed by atoms with E-state index in [4.69, 9.17) is 9.72 Å². The van der Waals surface area contributed by atoms with Crippen LogP contribution in [0.25, 0.3) is 33.3 Å². The summed E-state index contributed by atoms with van der Waals surface area (Å²) in [6.07, 6.45) is 4.97. The maximum absolute atomic E-state index is 14.6. The Kier molecular flexibility index (Phi) is 12.7. The summed E-state index contributed by atoms with van der Waals surface area (Å²) in [6.45, 7) is 14.7. The first-order valence-corrected chi connectivity index (χ1v) is 21.6. The fourth-order valence-corrected chi connectivity index (χ4v) is 9.42. The number of carbonyl (C=O) groups excluding carboxylic acids is 4. The second kappa shape index (κ2) is 17.8. The highest BCUT2D eigenvalue weighted by Crippen LogP contribution is 2.41. The highest BCUT2D eigenvalue weighted by Gasteiger charge is 2.39. The van der Waals surface area contributed by atoms with Crippen LogP contribution in [0, 0.1) is 17.3 Å². The SMILES string of the molecule is CCc1ncccc1-c1c2c3cc(ccc3n1CC)-c1cc(O)cc(c1)C[C@H](NC(=O)[C@H](C(C)C)N(C)C(=O)[C@H]1CCNC1)C(=O)N1CCC[C@H](N1)C(=O)OCC(C)(C)C2. The van der Waals surface area contributed by atoms with Crippen LogP contribution in [0.5, 0.6) is 5.75 Å². The minimum absolute atomic E-state index is 0.0279. The molecule has 7 rings (SSSR count). The molecule has 2 saturated heterocycles. The molecule has 3 aliphatic heterocycles. The number of aryl methyl sites for hydroxylation is 2. The topological polar surface area (TPSA) is 158 Å². The number of cyclic esters (lactones) is 1. The van der Waals surface area contributed by atoms with Crippen molar-refractivity contribution >= 4 is 34.6 Å². The Hall–Kier alpha value is -5.27. The third-order valence-electron chi connectivity index (χ3n) is 12.4. The van der Waals surface area contributed by atoms with E-state index >= 15 is 0 Å². The zero-order chi connectivity index (χ0) is 42.9. The van der Waals surface area contributed by atoms with Gasteiger partial charge in [-0.2, -0.15) is 0 Å². The summed E-state index contributed by atoms with van der Waals surface area (Å²) >= 11 is 0. The number of aromatic nitrogens is 2. The molecular formula is C47H61N7O6. The lowest BCUT2D eigenvalue weighted by atomic mass is 9.84. The first-order valence-electron chi connectivity index (χ1n) is 21.6. The molecule has 60 heavy (non-hydrogen) atoms. The Bertz CT molecular complexity index is 2260. The minimum atomic E-state index is -1.09. The predicted molar refractivity (Wildman–Crippen MR) is 232 cm³/mol. The van der Waals surface area contributed by atoms with E-state index in [9.17, 15) is 24.3 Å². The van der Waals surface area contributed by atoms with Crippen LogP contribution in [-0.2, 0) is 49.7 Å². The molecule has 5 heterocycles. The summed E-state index contributed by atoms with van der Waals surface area (Å²) < 4.78 is 8.42. The third-order valence-corrected chi connectivity index (χ3v) is 12.4. The van der Waals surface area contributed by atoms with E-state index < -0.39 is 41.3 Å². The highest BCUT2D eigenvalue weighted by atomic mass is 16.5. The lowest BCUT2D eigenvalue weighted by Crippen LogP contribution is -2.62. The van der Waals surface area contributed by atoms with Crippen molar-refractivity contribution in [2.75, 3.05) is 33.3 Å². The maximum atomic E-state index is 14.6. The van der Waals surface area contributed by atoms with E-state index in [1.54, 1.807) is 19.2 Å². The molecule has 0 aliphatic carbocycles. The van der Waals surface area contributed by atoms with E-state index in [1.165, 1.54) is 9.91 Å². The van der Waals surface area contributed by atoms with Gasteiger partial charge in [-0.1, -0.05) is 46.8 Å². The molecule has 4 aromatic rings. The number of benzene rings is 2. The van der Waals surface area contributed by atoms with Crippen LogP contribution in [0.2, 0.25) is 0 Å². The van der Waals surface area contributed by atoms with E-state index in [2.05, 4.69) is 72.6 Å². The number of esters is 1. The largest absolute Gasteiger partial charge is 0.508 e. The van der Waals surface area contributed by atoms with Crippen LogP contribution in [-0.4, -0.2) is 99.7 Å². The molecule has 320 valence electrons. The number of fused-ring (bicyclic) bond motifs is 6. The first kappa shape index (κ1) is 42.8. The van der Waals surface area contributed by atoms with Crippen LogP contribution >= 0.6 is 0 Å². The molecule has 3 amide bonds. The molecule has 2 fully saturated rings. The Morgan fingerprint density at radius 1 is 1.08 bits per heavy atom. The number of nitrogens with zero attached hydrogens (tertiary/aromatic N) is 4. The molecule has 2 aromatic carbocycles. The number of phenolic OH excluding ortho intramolecular Hbond substituents is 1. The predicted octanol–water partition coefficient (Wildman–Crippen LogP) is 5.40. The van der Waals surface area contributed by atoms with Gasteiger partial charge in [0.25, 0.3) is 5.91 Å². The Balaban J connectivity index is 1.33. The highest BCUT2D eigenvalue weighted by molar-refractivity contribution is 5.96. The van der Waals surface area contributed by atoms with Crippen molar-refractivity contribution in [1.29, 1.82) is 0 Å². The van der Waals surface area contributed by atoms with Gasteiger partial charge in [-0.05, 0) is 110 Å². The van der Waals surface area contributed by atoms with Gasteiger partial charge in [0.1, 0.15) is 23.9 Å². The summed E-state index contributed by atoms with van der Waals surface area (Å²) in [4.78, 5) is 62.6. The number of hydrogen-bond donors (Lipinski definition) is 4. The van der Waals surface area contributed by atoms with Gasteiger partial charge in [0.15, 0.2) is 0 Å². The van der Waals surface area contributed by atoms with Gasteiger partial charge in [-0.25, -0.2) is 5.43 Å². The molecule has 0 saturated carbocycles. The number of phenols is 1. The second-order valence-electron chi connectivity index (χ2n) is 17.9. The van der Waals surface area contributed by atoms with Crippen molar-refractivity contribution in [1.82, 2.24) is 35.5 Å². The van der Waals surface area contributed by atoms with Crippen LogP contribution in [0.1, 0.15) is 77.6 Å². The molecule has 3 aliphatic rings. The fourth-order valence-electron chi connectivity index (χ4n) is 9.42. The number of ether oxygens (including phenoxy) is 1. The zero-order valence-corrected chi connectivity index (χ0v) is 36.1. The number of aromatic hydroxyl groups is 1. The summed E-state index contributed by atoms with van der Waals surface area (Å²) in [7, 11) is 1.65. The number of amides is 3. The molecule has 4 N–H and O–H groups in total. The molecule has 2 aromatic heterocycles. The quantitative estimate of drug-likeness (QED) is 0.171. The van der Waals surface area contributed by atoms with E-state index in [-0.39, 0.29) is 36.5 Å². The van der Waals surface area contributed by atoms with Gasteiger partial charge in [0, 0.05) is 66.9 Å². The number of nitrogens with one attached hydrogen (secondary N) is 3. The van der Waals surface area contributed by atoms with Gasteiger partial charge in [-0.3, -0.25) is 29.2 Å². The van der Waals surface area contributed by atoms with Crippen LogP contribution in [0.15, 0.2) is 54.7 Å². The smallest absolute Gasteiger partial charge is 0.324 e. The number of rotatable bonds is 8. The van der Waals surface area contributed by atoms with Crippen LogP contribution in [0.3, 0.4) is 0 Å². The summed E-state index contributed by atoms with van der Waals surface area (Å²) in [5.74, 6) is -1.88. The first-order chi connectivity index (χ1) is 28.7. The average molecular weight is 820 g/mol. The molecule has 4 atom stereocenters. The van der Waals surface area contributed by atoms with Crippen molar-refractivity contribution in [3.63, 3.8) is 0 Å². The normalized spacial score (nSPS) is 21.4. The molecule has 13 heteroatoms. The van der Waals surface area contributed by atoms with Gasteiger partial charge in [-0.15, -0.1) is 0 Å². The average Bonchev–Trinajstić information content (AvgIpc) is 3.88. The fraction of sp³-hybridized carbons (Fsp3) is 0.511. The lowest BCUT2D eigenvalue weighted by Gasteiger charge is -2.37. The van der Waals surface area contributed by atoms with Gasteiger partial charge in [0.2, 0.25) is 11.8 Å². The number of carbonyl (C=O) groups is 4. The zero-order valence-electron chi connectivity index (χ0n) is 36.1. The second-order valence-corrected chi connectivity index (χ2v) is 17.9. The molecule has 0 radical (unpaired) electrons. The van der Waals surface area contributed by atoms with Crippen molar-refractivity contribution in [3.05, 3.63) is 71.5 Å². The molecule has 13 nitrogen and oxygen atoms in total. The van der Waals surface area contributed by atoms with E-state index in [0.717, 1.165) is 64.1 Å². The van der Waals surface area contributed by atoms with Crippen LogP contribution in [0.4, 0.5) is 0 Å². The van der Waals surface area contributed by atoms with E-state index in [0.29, 0.717) is 44.3 Å². The maximum Gasteiger partial charge on any atom is 0.324 e. The standard InChI is InChI=1S/C47H61N7O6/c1-8-37-34(12-10-17-49-37)42-36-25-47(5,6)27-60-46(59)38-13-11-19-54(51-38)45(58)39(50-43(56)41(28(3)4)52(7)44(57)31-16-18-48-26-31)22-29-20-32(23-33(55)21-29)30-14-15-40(35(36)24-30)53(42)9-2/h10,12,14-15,17,20-21,23-24,28,31,38-39,41,48,51,55H,8-9,11,13,16,18-19,22,25-27H2,1-7H3,(H,50,56)/t31-,38-,39-,41-/m0/s1. The number of hydrazine groups is 1. The monoisotopic (exact) mass is 819 g/mol. The Morgan fingerprint density at radius 2 is 1.88 bits per heavy atom. The molecule has 6 bridgehead atoms. The van der Waals surface area contributed by atoms with Gasteiger partial charge < -0.3 is 29.9 Å². The molecule has 0 spiro atoms. The van der Waals surface area contributed by atoms with Gasteiger partial charge >= 0.3 is 5.97 Å². The number of likely N-dealkylation sites (N-methyl/N-ethyl adjacent to an activating group) is 1. The number of pyridine rings is 1. The molecule has 0 unspecified atom stereocenters. The van der Waals surface area contributed by atoms with Crippen molar-refractivity contribution < 1.29 is 29.0 Å². The van der Waals surface area contributed by atoms with Gasteiger partial charge in [0.05, 0.1) is 18.2 Å². The van der Waals surface area contributed by atoms with Crippen molar-refractivity contribution in [3.8, 4) is 28.1 Å². The third kappa shape index (κ3) is 8.79. The molecular weight excluding hydrogens is 759 g/mol. The van der Waals surface area contributed by atoms with E-state index in [1.807, 2.05) is 32.2 Å². The Labute approximate surface area is 353 Å².